The normalized spacial score (nSPS) is 23.0. The van der Waals surface area contributed by atoms with E-state index in [2.05, 4.69) is 10.3 Å². The van der Waals surface area contributed by atoms with Crippen LogP contribution in [-0.2, 0) is 4.79 Å². The average molecular weight is 265 g/mol. The van der Waals surface area contributed by atoms with Crippen LogP contribution in [0.25, 0.3) is 0 Å². The molecule has 0 saturated heterocycles. The van der Waals surface area contributed by atoms with E-state index >= 15 is 0 Å². The summed E-state index contributed by atoms with van der Waals surface area (Å²) in [6, 6.07) is 3.80. The maximum atomic E-state index is 12.1. The second kappa shape index (κ2) is 6.20. The minimum absolute atomic E-state index is 0.0528. The first-order chi connectivity index (χ1) is 8.74. The van der Waals surface area contributed by atoms with E-state index in [-0.39, 0.29) is 11.8 Å². The highest BCUT2D eigenvalue weighted by Crippen LogP contribution is 2.31. The maximum Gasteiger partial charge on any atom is 0.228 e. The van der Waals surface area contributed by atoms with Crippen LogP contribution in [0, 0.1) is 11.8 Å². The Labute approximate surface area is 112 Å². The predicted molar refractivity (Wildman–Crippen MR) is 74.5 cm³/mol. The van der Waals surface area contributed by atoms with E-state index in [1.165, 1.54) is 0 Å². The van der Waals surface area contributed by atoms with Gasteiger partial charge in [-0.15, -0.1) is 11.8 Å². The van der Waals surface area contributed by atoms with Crippen LogP contribution in [0.1, 0.15) is 19.3 Å². The van der Waals surface area contributed by atoms with Crippen molar-refractivity contribution in [2.24, 2.45) is 17.6 Å². The molecule has 1 aliphatic carbocycles. The van der Waals surface area contributed by atoms with E-state index in [4.69, 9.17) is 5.73 Å². The van der Waals surface area contributed by atoms with Crippen molar-refractivity contribution in [2.75, 3.05) is 18.1 Å². The highest BCUT2D eigenvalue weighted by molar-refractivity contribution is 7.98. The fourth-order valence-electron chi connectivity index (χ4n) is 2.46. The van der Waals surface area contributed by atoms with Gasteiger partial charge in [-0.1, -0.05) is 6.42 Å². The quantitative estimate of drug-likeness (QED) is 0.818. The van der Waals surface area contributed by atoms with Crippen LogP contribution in [0.3, 0.4) is 0 Å². The summed E-state index contributed by atoms with van der Waals surface area (Å²) in [5.41, 5.74) is 5.69. The molecule has 0 aromatic carbocycles. The second-order valence-electron chi connectivity index (χ2n) is 4.61. The Morgan fingerprint density at radius 1 is 1.56 bits per heavy atom. The van der Waals surface area contributed by atoms with Gasteiger partial charge in [0, 0.05) is 17.0 Å². The molecule has 0 bridgehead atoms. The third kappa shape index (κ3) is 3.03. The lowest BCUT2D eigenvalue weighted by Gasteiger charge is -2.16. The second-order valence-corrected chi connectivity index (χ2v) is 5.49. The molecule has 18 heavy (non-hydrogen) atoms. The van der Waals surface area contributed by atoms with Crippen LogP contribution in [0.4, 0.5) is 5.82 Å². The molecule has 0 unspecified atom stereocenters. The summed E-state index contributed by atoms with van der Waals surface area (Å²) in [6.45, 7) is 0.594. The fourth-order valence-corrected chi connectivity index (χ4v) is 2.82. The molecule has 1 heterocycles. The lowest BCUT2D eigenvalue weighted by molar-refractivity contribution is -0.120. The van der Waals surface area contributed by atoms with Crippen LogP contribution in [-0.4, -0.2) is 23.7 Å². The summed E-state index contributed by atoms with van der Waals surface area (Å²) in [7, 11) is 0. The van der Waals surface area contributed by atoms with Gasteiger partial charge in [-0.3, -0.25) is 4.79 Å². The van der Waals surface area contributed by atoms with Gasteiger partial charge in [0.1, 0.15) is 5.82 Å². The number of carbonyl (C=O) groups is 1. The number of hydrogen-bond donors (Lipinski definition) is 2. The lowest BCUT2D eigenvalue weighted by atomic mass is 9.95. The Morgan fingerprint density at radius 3 is 3.00 bits per heavy atom. The van der Waals surface area contributed by atoms with E-state index in [9.17, 15) is 4.79 Å². The Hall–Kier alpha value is -1.07. The number of anilines is 1. The molecule has 0 aliphatic heterocycles. The largest absolute Gasteiger partial charge is 0.330 e. The third-order valence-corrected chi connectivity index (χ3v) is 4.23. The van der Waals surface area contributed by atoms with Gasteiger partial charge >= 0.3 is 0 Å². The number of amides is 1. The number of pyridine rings is 1. The van der Waals surface area contributed by atoms with Crippen molar-refractivity contribution in [3.8, 4) is 0 Å². The van der Waals surface area contributed by atoms with Crippen LogP contribution in [0.15, 0.2) is 23.2 Å². The van der Waals surface area contributed by atoms with Gasteiger partial charge in [-0.2, -0.15) is 0 Å². The molecule has 1 fully saturated rings. The molecule has 4 nitrogen and oxygen atoms in total. The number of aromatic nitrogens is 1. The standard InChI is InChI=1S/C13H19N3OS/c1-18-10-5-6-12(15-8-10)16-13(17)11-4-2-3-9(11)7-14/h5-6,8-9,11H,2-4,7,14H2,1H3,(H,15,16,17)/t9-,11-/m1/s1. The Balaban J connectivity index is 1.97. The average Bonchev–Trinajstić information content (AvgIpc) is 2.88. The zero-order valence-electron chi connectivity index (χ0n) is 10.6. The van der Waals surface area contributed by atoms with Gasteiger partial charge in [-0.05, 0) is 43.7 Å². The first kappa shape index (κ1) is 13.4. The minimum atomic E-state index is 0.0528. The Bertz CT molecular complexity index is 407. The molecule has 0 radical (unpaired) electrons. The first-order valence-corrected chi connectivity index (χ1v) is 7.48. The van der Waals surface area contributed by atoms with Crippen molar-refractivity contribution in [3.05, 3.63) is 18.3 Å². The molecule has 1 aromatic rings. The van der Waals surface area contributed by atoms with Crippen LogP contribution >= 0.6 is 11.8 Å². The van der Waals surface area contributed by atoms with E-state index in [0.717, 1.165) is 24.2 Å². The summed E-state index contributed by atoms with van der Waals surface area (Å²) >= 11 is 1.63. The summed E-state index contributed by atoms with van der Waals surface area (Å²) in [5.74, 6) is 1.07. The summed E-state index contributed by atoms with van der Waals surface area (Å²) < 4.78 is 0. The molecule has 5 heteroatoms. The van der Waals surface area contributed by atoms with Crippen molar-refractivity contribution < 1.29 is 4.79 Å². The molecule has 0 spiro atoms. The highest BCUT2D eigenvalue weighted by Gasteiger charge is 2.31. The number of thioether (sulfide) groups is 1. The molecule has 2 atom stereocenters. The summed E-state index contributed by atoms with van der Waals surface area (Å²) in [5, 5.41) is 2.88. The van der Waals surface area contributed by atoms with Crippen molar-refractivity contribution in [3.63, 3.8) is 0 Å². The van der Waals surface area contributed by atoms with Gasteiger partial charge in [0.25, 0.3) is 0 Å². The Morgan fingerprint density at radius 2 is 2.39 bits per heavy atom. The topological polar surface area (TPSA) is 68.0 Å². The minimum Gasteiger partial charge on any atom is -0.330 e. The molecular weight excluding hydrogens is 246 g/mol. The van der Waals surface area contributed by atoms with E-state index in [0.29, 0.717) is 18.3 Å². The highest BCUT2D eigenvalue weighted by atomic mass is 32.2. The van der Waals surface area contributed by atoms with Crippen molar-refractivity contribution in [1.82, 2.24) is 4.98 Å². The van der Waals surface area contributed by atoms with Gasteiger partial charge in [-0.25, -0.2) is 4.98 Å². The molecule has 1 aromatic heterocycles. The van der Waals surface area contributed by atoms with E-state index < -0.39 is 0 Å². The zero-order valence-corrected chi connectivity index (χ0v) is 11.4. The number of nitrogens with two attached hydrogens (primary N) is 1. The molecule has 1 aliphatic rings. The lowest BCUT2D eigenvalue weighted by Crippen LogP contribution is -2.30. The van der Waals surface area contributed by atoms with Crippen molar-refractivity contribution in [1.29, 1.82) is 0 Å². The smallest absolute Gasteiger partial charge is 0.228 e. The van der Waals surface area contributed by atoms with Gasteiger partial charge in [0.15, 0.2) is 0 Å². The van der Waals surface area contributed by atoms with Crippen molar-refractivity contribution in [2.45, 2.75) is 24.2 Å². The van der Waals surface area contributed by atoms with E-state index in [1.54, 1.807) is 18.0 Å². The Kier molecular flexibility index (Phi) is 4.60. The zero-order chi connectivity index (χ0) is 13.0. The van der Waals surface area contributed by atoms with Gasteiger partial charge in [0.05, 0.1) is 0 Å². The van der Waals surface area contributed by atoms with Crippen LogP contribution in [0.5, 0.6) is 0 Å². The number of rotatable bonds is 4. The predicted octanol–water partition coefficient (Wildman–Crippen LogP) is 2.12. The molecule has 2 rings (SSSR count). The van der Waals surface area contributed by atoms with Crippen LogP contribution < -0.4 is 11.1 Å². The van der Waals surface area contributed by atoms with E-state index in [1.807, 2.05) is 18.4 Å². The number of hydrogen-bond acceptors (Lipinski definition) is 4. The van der Waals surface area contributed by atoms with Crippen molar-refractivity contribution >= 4 is 23.5 Å². The summed E-state index contributed by atoms with van der Waals surface area (Å²) in [6.07, 6.45) is 6.87. The molecule has 3 N–H and O–H groups in total. The molecule has 98 valence electrons. The van der Waals surface area contributed by atoms with Gasteiger partial charge in [0.2, 0.25) is 5.91 Å². The molecular formula is C13H19N3OS. The number of nitrogens with one attached hydrogen (secondary N) is 1. The third-order valence-electron chi connectivity index (χ3n) is 3.52. The molecule has 1 amide bonds. The maximum absolute atomic E-state index is 12.1. The van der Waals surface area contributed by atoms with Gasteiger partial charge < -0.3 is 11.1 Å². The van der Waals surface area contributed by atoms with Crippen LogP contribution in [0.2, 0.25) is 0 Å². The summed E-state index contributed by atoms with van der Waals surface area (Å²) in [4.78, 5) is 17.4. The number of carbonyl (C=O) groups excluding carboxylic acids is 1. The molecule has 1 saturated carbocycles. The SMILES string of the molecule is CSc1ccc(NC(=O)[C@@H]2CCC[C@@H]2CN)nc1. The number of nitrogens with zero attached hydrogens (tertiary/aromatic N) is 1. The fraction of sp³-hybridized carbons (Fsp3) is 0.538. The monoisotopic (exact) mass is 265 g/mol. The first-order valence-electron chi connectivity index (χ1n) is 6.25.